The van der Waals surface area contributed by atoms with Crippen molar-refractivity contribution in [2.75, 3.05) is 39.5 Å². The van der Waals surface area contributed by atoms with Crippen LogP contribution in [0, 0.1) is 0 Å². The number of rotatable bonds is 7. The molecule has 0 radical (unpaired) electrons. The first-order valence-electron chi connectivity index (χ1n) is 7.84. The van der Waals surface area contributed by atoms with Crippen LogP contribution in [0.1, 0.15) is 24.2 Å². The second-order valence-corrected chi connectivity index (χ2v) is 6.16. The first-order chi connectivity index (χ1) is 10.9. The molecule has 6 nitrogen and oxygen atoms in total. The predicted molar refractivity (Wildman–Crippen MR) is 85.8 cm³/mol. The molecule has 1 fully saturated rings. The van der Waals surface area contributed by atoms with Crippen LogP contribution < -0.4 is 4.74 Å². The number of hydrogen-bond donors (Lipinski definition) is 2. The molecule has 0 spiro atoms. The summed E-state index contributed by atoms with van der Waals surface area (Å²) < 4.78 is 10.7. The van der Waals surface area contributed by atoms with E-state index in [1.165, 1.54) is 0 Å². The molecule has 1 atom stereocenters. The summed E-state index contributed by atoms with van der Waals surface area (Å²) in [6.45, 7) is 6.34. The van der Waals surface area contributed by atoms with E-state index in [0.29, 0.717) is 24.5 Å². The summed E-state index contributed by atoms with van der Waals surface area (Å²) in [7, 11) is 0. The minimum Gasteiger partial charge on any atom is -0.491 e. The van der Waals surface area contributed by atoms with Crippen molar-refractivity contribution in [1.29, 1.82) is 0 Å². The minimum absolute atomic E-state index is 0.0169. The second kappa shape index (κ2) is 7.88. The summed E-state index contributed by atoms with van der Waals surface area (Å²) in [4.78, 5) is 14.9. The van der Waals surface area contributed by atoms with Gasteiger partial charge in [0.05, 0.1) is 25.4 Å². The van der Waals surface area contributed by atoms with Crippen molar-refractivity contribution >= 4 is 5.78 Å². The molecule has 2 rings (SSSR count). The Morgan fingerprint density at radius 2 is 1.91 bits per heavy atom. The molecule has 1 aromatic rings. The van der Waals surface area contributed by atoms with Gasteiger partial charge in [-0.1, -0.05) is 0 Å². The number of Topliss-reactive ketones (excluding diaryl/α,β-unsaturated/α-hetero) is 1. The summed E-state index contributed by atoms with van der Waals surface area (Å²) in [5.41, 5.74) is 0.0377. The Hall–Kier alpha value is -1.47. The van der Waals surface area contributed by atoms with Crippen molar-refractivity contribution in [3.05, 3.63) is 29.8 Å². The third kappa shape index (κ3) is 4.51. The molecule has 0 amide bonds. The third-order valence-electron chi connectivity index (χ3n) is 4.13. The van der Waals surface area contributed by atoms with E-state index in [9.17, 15) is 9.90 Å². The average Bonchev–Trinajstić information content (AvgIpc) is 2.60. The number of hydrogen-bond acceptors (Lipinski definition) is 6. The Morgan fingerprint density at radius 1 is 1.30 bits per heavy atom. The quantitative estimate of drug-likeness (QED) is 0.720. The van der Waals surface area contributed by atoms with Crippen LogP contribution in [-0.2, 0) is 4.74 Å². The molecule has 128 valence electrons. The van der Waals surface area contributed by atoms with Crippen LogP contribution in [0.4, 0.5) is 0 Å². The van der Waals surface area contributed by atoms with Gasteiger partial charge in [-0.15, -0.1) is 0 Å². The normalized spacial score (nSPS) is 17.7. The van der Waals surface area contributed by atoms with Crippen LogP contribution in [0.5, 0.6) is 5.75 Å². The number of morpholine rings is 1. The average molecular weight is 323 g/mol. The summed E-state index contributed by atoms with van der Waals surface area (Å²) >= 11 is 0. The van der Waals surface area contributed by atoms with Gasteiger partial charge in [0.15, 0.2) is 5.78 Å². The van der Waals surface area contributed by atoms with Gasteiger partial charge in [0, 0.05) is 18.7 Å². The van der Waals surface area contributed by atoms with Crippen LogP contribution in [0.2, 0.25) is 0 Å². The lowest BCUT2D eigenvalue weighted by atomic mass is 9.91. The van der Waals surface area contributed by atoms with E-state index in [1.54, 1.807) is 24.3 Å². The Kier molecular flexibility index (Phi) is 6.12. The van der Waals surface area contributed by atoms with Crippen molar-refractivity contribution in [2.24, 2.45) is 0 Å². The maximum absolute atomic E-state index is 12.8. The van der Waals surface area contributed by atoms with Gasteiger partial charge in [-0.05, 0) is 38.1 Å². The molecule has 0 saturated carbocycles. The molecule has 1 aromatic carbocycles. The van der Waals surface area contributed by atoms with Gasteiger partial charge in [-0.3, -0.25) is 9.69 Å². The van der Waals surface area contributed by atoms with Crippen LogP contribution in [-0.4, -0.2) is 72.1 Å². The molecular formula is C17H25NO5. The maximum atomic E-state index is 12.8. The molecular weight excluding hydrogens is 298 g/mol. The van der Waals surface area contributed by atoms with E-state index in [4.69, 9.17) is 14.6 Å². The Morgan fingerprint density at radius 3 is 2.48 bits per heavy atom. The monoisotopic (exact) mass is 323 g/mol. The highest BCUT2D eigenvalue weighted by molar-refractivity contribution is 6.02. The van der Waals surface area contributed by atoms with Gasteiger partial charge in [0.2, 0.25) is 0 Å². The van der Waals surface area contributed by atoms with Crippen LogP contribution >= 0.6 is 0 Å². The predicted octanol–water partition coefficient (Wildman–Crippen LogP) is 0.712. The molecule has 1 aliphatic rings. The van der Waals surface area contributed by atoms with E-state index < -0.39 is 11.6 Å². The zero-order valence-corrected chi connectivity index (χ0v) is 13.7. The van der Waals surface area contributed by atoms with Crippen LogP contribution in [0.25, 0.3) is 0 Å². The number of ether oxygens (including phenoxy) is 2. The number of benzene rings is 1. The van der Waals surface area contributed by atoms with E-state index in [0.717, 1.165) is 13.1 Å². The largest absolute Gasteiger partial charge is 0.491 e. The molecule has 1 aliphatic heterocycles. The Labute approximate surface area is 136 Å². The van der Waals surface area contributed by atoms with Crippen LogP contribution in [0.3, 0.4) is 0 Å². The highest BCUT2D eigenvalue weighted by atomic mass is 16.5. The highest BCUT2D eigenvalue weighted by Crippen LogP contribution is 2.23. The zero-order valence-electron chi connectivity index (χ0n) is 13.7. The van der Waals surface area contributed by atoms with Gasteiger partial charge in [-0.25, -0.2) is 0 Å². The molecule has 6 heteroatoms. The molecule has 1 saturated heterocycles. The first kappa shape index (κ1) is 17.9. The zero-order chi connectivity index (χ0) is 16.9. The van der Waals surface area contributed by atoms with Crippen molar-refractivity contribution in [3.8, 4) is 5.75 Å². The van der Waals surface area contributed by atoms with Crippen molar-refractivity contribution in [1.82, 2.24) is 4.90 Å². The number of carbonyl (C=O) groups is 1. The lowest BCUT2D eigenvalue weighted by molar-refractivity contribution is -0.00430. The van der Waals surface area contributed by atoms with E-state index >= 15 is 0 Å². The molecule has 0 aliphatic carbocycles. The van der Waals surface area contributed by atoms with Crippen molar-refractivity contribution in [3.63, 3.8) is 0 Å². The SMILES string of the molecule is CC(C)(C(=O)c1ccc(OCC(O)CO)cc1)N1CCOCC1. The standard InChI is InChI=1S/C17H25NO5/c1-17(2,18-7-9-22-10-8-18)16(21)13-3-5-15(6-4-13)23-12-14(20)11-19/h3-6,14,19-20H,7-12H2,1-2H3. The molecule has 2 N–H and O–H groups in total. The summed E-state index contributed by atoms with van der Waals surface area (Å²) in [6.07, 6.45) is -0.906. The molecule has 1 unspecified atom stereocenters. The van der Waals surface area contributed by atoms with Gasteiger partial charge in [0.25, 0.3) is 0 Å². The second-order valence-electron chi connectivity index (χ2n) is 6.16. The fourth-order valence-corrected chi connectivity index (χ4v) is 2.57. The fraction of sp³-hybridized carbons (Fsp3) is 0.588. The smallest absolute Gasteiger partial charge is 0.182 e. The summed E-state index contributed by atoms with van der Waals surface area (Å²) in [5.74, 6) is 0.611. The van der Waals surface area contributed by atoms with Gasteiger partial charge >= 0.3 is 0 Å². The molecule has 0 bridgehead atoms. The Bertz CT molecular complexity index is 508. The number of aliphatic hydroxyl groups excluding tert-OH is 2. The van der Waals surface area contributed by atoms with E-state index in [1.807, 2.05) is 13.8 Å². The minimum atomic E-state index is -0.906. The lowest BCUT2D eigenvalue weighted by Gasteiger charge is -2.39. The Balaban J connectivity index is 2.01. The van der Waals surface area contributed by atoms with Gasteiger partial charge in [0.1, 0.15) is 18.5 Å². The van der Waals surface area contributed by atoms with E-state index in [2.05, 4.69) is 4.90 Å². The fourth-order valence-electron chi connectivity index (χ4n) is 2.57. The van der Waals surface area contributed by atoms with E-state index in [-0.39, 0.29) is 19.0 Å². The van der Waals surface area contributed by atoms with Crippen LogP contribution in [0.15, 0.2) is 24.3 Å². The topological polar surface area (TPSA) is 79.2 Å². The van der Waals surface area contributed by atoms with Gasteiger partial charge < -0.3 is 19.7 Å². The number of carbonyl (C=O) groups excluding carboxylic acids is 1. The maximum Gasteiger partial charge on any atom is 0.182 e. The highest BCUT2D eigenvalue weighted by Gasteiger charge is 2.35. The van der Waals surface area contributed by atoms with Gasteiger partial charge in [-0.2, -0.15) is 0 Å². The molecule has 23 heavy (non-hydrogen) atoms. The van der Waals surface area contributed by atoms with Crippen molar-refractivity contribution < 1.29 is 24.5 Å². The number of aliphatic hydroxyl groups is 2. The molecule has 0 aromatic heterocycles. The van der Waals surface area contributed by atoms with Crippen molar-refractivity contribution in [2.45, 2.75) is 25.5 Å². The third-order valence-corrected chi connectivity index (χ3v) is 4.13. The number of ketones is 1. The first-order valence-corrected chi connectivity index (χ1v) is 7.84. The number of nitrogens with zero attached hydrogens (tertiary/aromatic N) is 1. The summed E-state index contributed by atoms with van der Waals surface area (Å²) in [6, 6.07) is 6.86. The summed E-state index contributed by atoms with van der Waals surface area (Å²) in [5, 5.41) is 18.0. The lowest BCUT2D eigenvalue weighted by Crippen LogP contribution is -2.54. The molecule has 1 heterocycles.